The van der Waals surface area contributed by atoms with E-state index in [9.17, 15) is 0 Å². The predicted molar refractivity (Wildman–Crippen MR) is 80.1 cm³/mol. The zero-order chi connectivity index (χ0) is 13.7. The monoisotopic (exact) mass is 321 g/mol. The first-order valence-corrected chi connectivity index (χ1v) is 6.85. The molecule has 0 atom stereocenters. The van der Waals surface area contributed by atoms with Gasteiger partial charge in [0, 0.05) is 22.3 Å². The molecule has 4 heteroatoms. The van der Waals surface area contributed by atoms with Gasteiger partial charge in [-0.1, -0.05) is 24.3 Å². The van der Waals surface area contributed by atoms with E-state index in [0.29, 0.717) is 18.7 Å². The summed E-state index contributed by atoms with van der Waals surface area (Å²) in [4.78, 5) is 0. The first-order chi connectivity index (χ1) is 9.20. The Kier molecular flexibility index (Phi) is 4.82. The number of aliphatic hydroxyl groups is 1. The maximum Gasteiger partial charge on any atom is 0.119 e. The lowest BCUT2D eigenvalue weighted by Crippen LogP contribution is -1.99. The van der Waals surface area contributed by atoms with Crippen molar-refractivity contribution in [2.24, 2.45) is 0 Å². The molecule has 2 rings (SSSR count). The summed E-state index contributed by atoms with van der Waals surface area (Å²) < 4.78 is 6.59. The summed E-state index contributed by atoms with van der Waals surface area (Å²) in [6.45, 7) is 0.626. The number of nitrogen functional groups attached to an aromatic ring is 1. The maximum atomic E-state index is 8.85. The van der Waals surface area contributed by atoms with Gasteiger partial charge in [-0.05, 0) is 46.1 Å². The minimum atomic E-state index is 0.163. The van der Waals surface area contributed by atoms with E-state index in [1.54, 1.807) is 0 Å². The number of halogens is 1. The molecular formula is C15H16BrNO2. The van der Waals surface area contributed by atoms with Gasteiger partial charge < -0.3 is 15.6 Å². The van der Waals surface area contributed by atoms with Crippen LogP contribution in [0.1, 0.15) is 11.1 Å². The van der Waals surface area contributed by atoms with E-state index in [-0.39, 0.29) is 6.61 Å². The Hall–Kier alpha value is -1.52. The first kappa shape index (κ1) is 13.9. The number of aliphatic hydroxyl groups excluding tert-OH is 1. The van der Waals surface area contributed by atoms with Crippen molar-refractivity contribution in [3.63, 3.8) is 0 Å². The molecule has 100 valence electrons. The summed E-state index contributed by atoms with van der Waals surface area (Å²) in [6.07, 6.45) is 0.668. The van der Waals surface area contributed by atoms with Crippen LogP contribution in [0.5, 0.6) is 5.75 Å². The second kappa shape index (κ2) is 6.59. The van der Waals surface area contributed by atoms with Gasteiger partial charge in [0.15, 0.2) is 0 Å². The van der Waals surface area contributed by atoms with Crippen LogP contribution in [0.15, 0.2) is 46.9 Å². The molecule has 0 unspecified atom stereocenters. The summed E-state index contributed by atoms with van der Waals surface area (Å²) in [7, 11) is 0. The molecule has 0 saturated heterocycles. The van der Waals surface area contributed by atoms with Crippen molar-refractivity contribution in [3.05, 3.63) is 58.1 Å². The Bertz CT molecular complexity index is 540. The van der Waals surface area contributed by atoms with E-state index >= 15 is 0 Å². The third kappa shape index (κ3) is 3.72. The normalized spacial score (nSPS) is 10.4. The van der Waals surface area contributed by atoms with Gasteiger partial charge in [0.25, 0.3) is 0 Å². The highest BCUT2D eigenvalue weighted by Gasteiger charge is 2.04. The fraction of sp³-hybridized carbons (Fsp3) is 0.200. The van der Waals surface area contributed by atoms with Crippen LogP contribution in [0.2, 0.25) is 0 Å². The van der Waals surface area contributed by atoms with E-state index in [0.717, 1.165) is 21.3 Å². The third-order valence-corrected chi connectivity index (χ3v) is 3.79. The number of nitrogens with two attached hydrogens (primary N) is 1. The van der Waals surface area contributed by atoms with Crippen LogP contribution in [-0.4, -0.2) is 11.7 Å². The molecule has 0 fully saturated rings. The molecule has 0 saturated carbocycles. The largest absolute Gasteiger partial charge is 0.489 e. The van der Waals surface area contributed by atoms with E-state index in [2.05, 4.69) is 15.9 Å². The van der Waals surface area contributed by atoms with E-state index in [4.69, 9.17) is 15.6 Å². The van der Waals surface area contributed by atoms with Gasteiger partial charge in [0.2, 0.25) is 0 Å². The van der Waals surface area contributed by atoms with Crippen molar-refractivity contribution >= 4 is 21.6 Å². The molecular weight excluding hydrogens is 306 g/mol. The van der Waals surface area contributed by atoms with Crippen LogP contribution in [0.25, 0.3) is 0 Å². The average Bonchev–Trinajstić information content (AvgIpc) is 2.42. The summed E-state index contributed by atoms with van der Waals surface area (Å²) in [5.74, 6) is 0.802. The highest BCUT2D eigenvalue weighted by atomic mass is 79.9. The molecule has 0 bridgehead atoms. The van der Waals surface area contributed by atoms with Gasteiger partial charge in [0.1, 0.15) is 12.4 Å². The standard InChI is InChI=1S/C15H16BrNO2/c16-15-12(2-1-3-14(15)17)10-19-13-6-4-11(5-7-13)8-9-18/h1-7,18H,8-10,17H2. The van der Waals surface area contributed by atoms with Crippen molar-refractivity contribution in [1.82, 2.24) is 0 Å². The third-order valence-electron chi connectivity index (χ3n) is 2.83. The minimum Gasteiger partial charge on any atom is -0.489 e. The lowest BCUT2D eigenvalue weighted by Gasteiger charge is -2.09. The van der Waals surface area contributed by atoms with E-state index < -0.39 is 0 Å². The van der Waals surface area contributed by atoms with Crippen molar-refractivity contribution in [1.29, 1.82) is 0 Å². The Labute approximate surface area is 121 Å². The number of rotatable bonds is 5. The average molecular weight is 322 g/mol. The highest BCUT2D eigenvalue weighted by Crippen LogP contribution is 2.25. The Balaban J connectivity index is 2.00. The summed E-state index contributed by atoms with van der Waals surface area (Å²) in [5.41, 5.74) is 8.64. The second-order valence-electron chi connectivity index (χ2n) is 4.23. The summed E-state index contributed by atoms with van der Waals surface area (Å²) in [6, 6.07) is 13.5. The molecule has 0 radical (unpaired) electrons. The van der Waals surface area contributed by atoms with Gasteiger partial charge in [-0.2, -0.15) is 0 Å². The molecule has 2 aromatic carbocycles. The fourth-order valence-electron chi connectivity index (χ4n) is 1.75. The van der Waals surface area contributed by atoms with Crippen LogP contribution in [0.4, 0.5) is 5.69 Å². The zero-order valence-corrected chi connectivity index (χ0v) is 12.1. The zero-order valence-electron chi connectivity index (χ0n) is 10.5. The fourth-order valence-corrected chi connectivity index (χ4v) is 2.13. The van der Waals surface area contributed by atoms with E-state index in [1.165, 1.54) is 0 Å². The smallest absolute Gasteiger partial charge is 0.119 e. The van der Waals surface area contributed by atoms with Gasteiger partial charge in [-0.3, -0.25) is 0 Å². The molecule has 0 aliphatic carbocycles. The van der Waals surface area contributed by atoms with Gasteiger partial charge in [0.05, 0.1) is 0 Å². The van der Waals surface area contributed by atoms with Gasteiger partial charge in [-0.15, -0.1) is 0 Å². The Morgan fingerprint density at radius 1 is 1.11 bits per heavy atom. The molecule has 0 aliphatic rings. The SMILES string of the molecule is Nc1cccc(COc2ccc(CCO)cc2)c1Br. The number of benzene rings is 2. The van der Waals surface area contributed by atoms with Crippen LogP contribution >= 0.6 is 15.9 Å². The summed E-state index contributed by atoms with van der Waals surface area (Å²) in [5, 5.41) is 8.85. The molecule has 0 aromatic heterocycles. The minimum absolute atomic E-state index is 0.163. The molecule has 19 heavy (non-hydrogen) atoms. The Morgan fingerprint density at radius 2 is 1.84 bits per heavy atom. The van der Waals surface area contributed by atoms with Crippen molar-refractivity contribution in [2.75, 3.05) is 12.3 Å². The number of ether oxygens (including phenoxy) is 1. The first-order valence-electron chi connectivity index (χ1n) is 6.06. The van der Waals surface area contributed by atoms with Crippen molar-refractivity contribution in [2.45, 2.75) is 13.0 Å². The molecule has 0 amide bonds. The lowest BCUT2D eigenvalue weighted by molar-refractivity contribution is 0.298. The van der Waals surface area contributed by atoms with Crippen molar-refractivity contribution < 1.29 is 9.84 Å². The van der Waals surface area contributed by atoms with Gasteiger partial charge in [-0.25, -0.2) is 0 Å². The van der Waals surface area contributed by atoms with Crippen molar-refractivity contribution in [3.8, 4) is 5.75 Å². The molecule has 3 nitrogen and oxygen atoms in total. The number of hydrogen-bond donors (Lipinski definition) is 2. The maximum absolute atomic E-state index is 8.85. The highest BCUT2D eigenvalue weighted by molar-refractivity contribution is 9.10. The number of anilines is 1. The van der Waals surface area contributed by atoms with Crippen LogP contribution in [0.3, 0.4) is 0 Å². The van der Waals surface area contributed by atoms with Gasteiger partial charge >= 0.3 is 0 Å². The molecule has 2 aromatic rings. The second-order valence-corrected chi connectivity index (χ2v) is 5.02. The number of hydrogen-bond acceptors (Lipinski definition) is 3. The summed E-state index contributed by atoms with van der Waals surface area (Å²) >= 11 is 3.45. The Morgan fingerprint density at radius 3 is 2.53 bits per heavy atom. The molecule has 0 aliphatic heterocycles. The quantitative estimate of drug-likeness (QED) is 0.832. The molecule has 0 spiro atoms. The predicted octanol–water partition coefficient (Wildman–Crippen LogP) is 3.15. The molecule has 0 heterocycles. The van der Waals surface area contributed by atoms with E-state index in [1.807, 2.05) is 42.5 Å². The molecule has 3 N–H and O–H groups in total. The van der Waals surface area contributed by atoms with Crippen LogP contribution in [0, 0.1) is 0 Å². The topological polar surface area (TPSA) is 55.5 Å². The van der Waals surface area contributed by atoms with Crippen LogP contribution in [-0.2, 0) is 13.0 Å². The lowest BCUT2D eigenvalue weighted by atomic mass is 10.1. The van der Waals surface area contributed by atoms with Crippen LogP contribution < -0.4 is 10.5 Å².